The van der Waals surface area contributed by atoms with E-state index in [9.17, 15) is 13.2 Å². The predicted molar refractivity (Wildman–Crippen MR) is 154 cm³/mol. The number of hydrogen-bond acceptors (Lipinski definition) is 4. The summed E-state index contributed by atoms with van der Waals surface area (Å²) in [4.78, 5) is 18.3. The molecule has 202 valence electrons. The lowest BCUT2D eigenvalue weighted by molar-refractivity contribution is -0.138. The van der Waals surface area contributed by atoms with E-state index in [0.29, 0.717) is 17.4 Å². The van der Waals surface area contributed by atoms with Gasteiger partial charge in [-0.3, -0.25) is 4.79 Å². The molecule has 2 aliphatic heterocycles. The third kappa shape index (κ3) is 6.31. The second kappa shape index (κ2) is 12.0. The van der Waals surface area contributed by atoms with E-state index >= 15 is 0 Å². The topological polar surface area (TPSA) is 57.7 Å². The number of halogens is 1. The fourth-order valence-corrected chi connectivity index (χ4v) is 6.61. The van der Waals surface area contributed by atoms with Crippen LogP contribution in [0.5, 0.6) is 0 Å². The Morgan fingerprint density at radius 1 is 0.789 bits per heavy atom. The molecule has 0 N–H and O–H groups in total. The van der Waals surface area contributed by atoms with Gasteiger partial charge in [-0.05, 0) is 74.1 Å². The number of likely N-dealkylation sites (tertiary alicyclic amines) is 2. The SMILES string of the molecule is CS(=O)(=O)c1ccc(CN2CCC3(CCN(CCC(c4ccccc4)c4ccccc4)CC3)C2=O)cc1.Cl. The van der Waals surface area contributed by atoms with Crippen LogP contribution in [0.3, 0.4) is 0 Å². The molecule has 38 heavy (non-hydrogen) atoms. The molecule has 0 radical (unpaired) electrons. The van der Waals surface area contributed by atoms with Gasteiger partial charge in [0.15, 0.2) is 9.84 Å². The van der Waals surface area contributed by atoms with E-state index in [1.54, 1.807) is 12.1 Å². The molecule has 7 heteroatoms. The third-order valence-electron chi connectivity index (χ3n) is 8.28. The van der Waals surface area contributed by atoms with Crippen molar-refractivity contribution < 1.29 is 13.2 Å². The number of piperidine rings is 1. The maximum atomic E-state index is 13.5. The van der Waals surface area contributed by atoms with Gasteiger partial charge in [0.1, 0.15) is 0 Å². The summed E-state index contributed by atoms with van der Waals surface area (Å²) in [7, 11) is -3.21. The molecule has 0 atom stereocenters. The van der Waals surface area contributed by atoms with Crippen LogP contribution in [0.25, 0.3) is 0 Å². The van der Waals surface area contributed by atoms with Crippen LogP contribution >= 0.6 is 12.4 Å². The van der Waals surface area contributed by atoms with Crippen LogP contribution in [0.15, 0.2) is 89.8 Å². The molecule has 0 unspecified atom stereocenters. The van der Waals surface area contributed by atoms with Crippen LogP contribution in [0.2, 0.25) is 0 Å². The number of amides is 1. The first-order valence-corrected chi connectivity index (χ1v) is 15.1. The summed E-state index contributed by atoms with van der Waals surface area (Å²) in [5.74, 6) is 0.641. The molecule has 2 saturated heterocycles. The number of rotatable bonds is 8. The molecule has 2 fully saturated rings. The van der Waals surface area contributed by atoms with Crippen LogP contribution < -0.4 is 0 Å². The Kier molecular flexibility index (Phi) is 8.96. The summed E-state index contributed by atoms with van der Waals surface area (Å²) in [6.45, 7) is 4.26. The second-order valence-corrected chi connectivity index (χ2v) is 12.7. The minimum absolute atomic E-state index is 0. The Morgan fingerprint density at radius 2 is 1.32 bits per heavy atom. The second-order valence-electron chi connectivity index (χ2n) is 10.7. The van der Waals surface area contributed by atoms with Crippen molar-refractivity contribution in [2.45, 2.75) is 43.0 Å². The maximum Gasteiger partial charge on any atom is 0.229 e. The lowest BCUT2D eigenvalue weighted by Crippen LogP contribution is -2.45. The Hall–Kier alpha value is -2.67. The van der Waals surface area contributed by atoms with Gasteiger partial charge in [-0.1, -0.05) is 72.8 Å². The van der Waals surface area contributed by atoms with Gasteiger partial charge in [-0.25, -0.2) is 8.42 Å². The van der Waals surface area contributed by atoms with Gasteiger partial charge in [0, 0.05) is 25.3 Å². The number of hydrogen-bond donors (Lipinski definition) is 0. The zero-order valence-electron chi connectivity index (χ0n) is 22.0. The molecule has 3 aromatic rings. The minimum atomic E-state index is -3.21. The van der Waals surface area contributed by atoms with E-state index < -0.39 is 9.84 Å². The average molecular weight is 553 g/mol. The third-order valence-corrected chi connectivity index (χ3v) is 9.41. The molecule has 1 spiro atoms. The largest absolute Gasteiger partial charge is 0.338 e. The molecule has 2 heterocycles. The Labute approximate surface area is 233 Å². The Balaban J connectivity index is 0.00000336. The van der Waals surface area contributed by atoms with Crippen LogP contribution in [0.4, 0.5) is 0 Å². The van der Waals surface area contributed by atoms with Crippen molar-refractivity contribution in [2.75, 3.05) is 32.4 Å². The van der Waals surface area contributed by atoms with Crippen LogP contribution in [-0.2, 0) is 21.2 Å². The Morgan fingerprint density at radius 3 is 1.84 bits per heavy atom. The molecule has 3 aromatic carbocycles. The highest BCUT2D eigenvalue weighted by atomic mass is 35.5. The summed E-state index contributed by atoms with van der Waals surface area (Å²) < 4.78 is 23.5. The monoisotopic (exact) mass is 552 g/mol. The molecule has 0 bridgehead atoms. The van der Waals surface area contributed by atoms with Crippen molar-refractivity contribution in [3.8, 4) is 0 Å². The number of nitrogens with zero attached hydrogens (tertiary/aromatic N) is 2. The summed E-state index contributed by atoms with van der Waals surface area (Å²) in [6.07, 6.45) is 5.02. The number of carbonyl (C=O) groups is 1. The van der Waals surface area contributed by atoms with Crippen molar-refractivity contribution in [3.05, 3.63) is 102 Å². The number of carbonyl (C=O) groups excluding carboxylic acids is 1. The normalized spacial score (nSPS) is 17.6. The van der Waals surface area contributed by atoms with E-state index in [2.05, 4.69) is 65.6 Å². The van der Waals surface area contributed by atoms with Crippen molar-refractivity contribution in [2.24, 2.45) is 5.41 Å². The van der Waals surface area contributed by atoms with Gasteiger partial charge in [0.05, 0.1) is 10.3 Å². The van der Waals surface area contributed by atoms with Gasteiger partial charge in [-0.2, -0.15) is 0 Å². The van der Waals surface area contributed by atoms with Gasteiger partial charge in [0.25, 0.3) is 0 Å². The van der Waals surface area contributed by atoms with Crippen molar-refractivity contribution >= 4 is 28.2 Å². The molecular formula is C31H37ClN2O3S. The highest BCUT2D eigenvalue weighted by Gasteiger charge is 2.47. The first-order chi connectivity index (χ1) is 17.8. The number of sulfone groups is 1. The summed E-state index contributed by atoms with van der Waals surface area (Å²) >= 11 is 0. The van der Waals surface area contributed by atoms with Crippen molar-refractivity contribution in [1.82, 2.24) is 9.80 Å². The molecule has 1 amide bonds. The first-order valence-electron chi connectivity index (χ1n) is 13.2. The first kappa shape index (κ1) is 28.3. The molecule has 5 nitrogen and oxygen atoms in total. The summed E-state index contributed by atoms with van der Waals surface area (Å²) in [6, 6.07) is 28.4. The zero-order valence-corrected chi connectivity index (χ0v) is 23.6. The molecule has 5 rings (SSSR count). The van der Waals surface area contributed by atoms with Gasteiger partial charge >= 0.3 is 0 Å². The molecular weight excluding hydrogens is 516 g/mol. The minimum Gasteiger partial charge on any atom is -0.338 e. The fraction of sp³-hybridized carbons (Fsp3) is 0.387. The lowest BCUT2D eigenvalue weighted by Gasteiger charge is -2.38. The zero-order chi connectivity index (χ0) is 25.9. The van der Waals surface area contributed by atoms with E-state index in [0.717, 1.165) is 57.4 Å². The van der Waals surface area contributed by atoms with E-state index in [1.807, 2.05) is 17.0 Å². The highest BCUT2D eigenvalue weighted by molar-refractivity contribution is 7.90. The average Bonchev–Trinajstić information content (AvgIpc) is 3.21. The van der Waals surface area contributed by atoms with Gasteiger partial charge < -0.3 is 9.80 Å². The van der Waals surface area contributed by atoms with Gasteiger partial charge in [0.2, 0.25) is 5.91 Å². The molecule has 2 aliphatic rings. The van der Waals surface area contributed by atoms with Crippen molar-refractivity contribution in [3.63, 3.8) is 0 Å². The number of benzene rings is 3. The predicted octanol–water partition coefficient (Wildman–Crippen LogP) is 5.55. The van der Waals surface area contributed by atoms with Crippen molar-refractivity contribution in [1.29, 1.82) is 0 Å². The van der Waals surface area contributed by atoms with Crippen LogP contribution in [0.1, 0.15) is 48.3 Å². The molecule has 0 aromatic heterocycles. The standard InChI is InChI=1S/C31H36N2O3S.ClH/c1-37(35,36)28-14-12-25(13-15-28)24-33-23-19-31(30(33)34)17-21-32(22-18-31)20-16-29(26-8-4-2-5-9-26)27-10-6-3-7-11-27;/h2-15,29H,16-24H2,1H3;1H. The summed E-state index contributed by atoms with van der Waals surface area (Å²) in [5.41, 5.74) is 3.45. The van der Waals surface area contributed by atoms with Gasteiger partial charge in [-0.15, -0.1) is 12.4 Å². The summed E-state index contributed by atoms with van der Waals surface area (Å²) in [5, 5.41) is 0. The highest BCUT2D eigenvalue weighted by Crippen LogP contribution is 2.42. The smallest absolute Gasteiger partial charge is 0.229 e. The van der Waals surface area contributed by atoms with Crippen LogP contribution in [0, 0.1) is 5.41 Å². The molecule has 0 aliphatic carbocycles. The molecule has 0 saturated carbocycles. The maximum absolute atomic E-state index is 13.5. The fourth-order valence-electron chi connectivity index (χ4n) is 5.98. The van der Waals surface area contributed by atoms with E-state index in [-0.39, 0.29) is 23.7 Å². The quantitative estimate of drug-likeness (QED) is 0.368. The Bertz CT molecular complexity index is 1270. The van der Waals surface area contributed by atoms with E-state index in [1.165, 1.54) is 17.4 Å². The van der Waals surface area contributed by atoms with Crippen LogP contribution in [-0.4, -0.2) is 56.6 Å². The van der Waals surface area contributed by atoms with E-state index in [4.69, 9.17) is 0 Å². The lowest BCUT2D eigenvalue weighted by atomic mass is 9.77.